The number of hydrogen-bond donors (Lipinski definition) is 1. The van der Waals surface area contributed by atoms with E-state index in [1.165, 1.54) is 11.8 Å². The monoisotopic (exact) mass is 481 g/mol. The van der Waals surface area contributed by atoms with Crippen molar-refractivity contribution in [3.63, 3.8) is 0 Å². The van der Waals surface area contributed by atoms with E-state index < -0.39 is 11.9 Å². The zero-order valence-corrected chi connectivity index (χ0v) is 20.0. The molecule has 0 atom stereocenters. The van der Waals surface area contributed by atoms with Gasteiger partial charge >= 0.3 is 5.97 Å². The maximum atomic E-state index is 12.7. The van der Waals surface area contributed by atoms with Crippen LogP contribution in [0.25, 0.3) is 0 Å². The number of nitrogens with zero attached hydrogens (tertiary/aromatic N) is 2. The first-order chi connectivity index (χ1) is 16.5. The first-order valence-corrected chi connectivity index (χ1v) is 12.0. The Morgan fingerprint density at radius 2 is 1.82 bits per heavy atom. The lowest BCUT2D eigenvalue weighted by atomic mass is 10.2. The van der Waals surface area contributed by atoms with Gasteiger partial charge in [0.05, 0.1) is 24.5 Å². The molecule has 1 aliphatic rings. The molecule has 0 saturated carbocycles. The summed E-state index contributed by atoms with van der Waals surface area (Å²) in [6, 6.07) is 14.8. The van der Waals surface area contributed by atoms with Gasteiger partial charge in [-0.15, -0.1) is 11.8 Å². The number of hydrogen-bond acceptors (Lipinski definition) is 8. The Bertz CT molecular complexity index is 1120. The molecule has 0 bridgehead atoms. The van der Waals surface area contributed by atoms with Crippen LogP contribution in [0.5, 0.6) is 0 Å². The number of rotatable bonds is 8. The highest BCUT2D eigenvalue weighted by molar-refractivity contribution is 7.98. The van der Waals surface area contributed by atoms with Gasteiger partial charge in [-0.3, -0.25) is 4.79 Å². The van der Waals surface area contributed by atoms with Gasteiger partial charge < -0.3 is 24.2 Å². The van der Waals surface area contributed by atoms with Crippen molar-refractivity contribution in [3.05, 3.63) is 71.1 Å². The zero-order valence-electron chi connectivity index (χ0n) is 19.2. The summed E-state index contributed by atoms with van der Waals surface area (Å²) in [7, 11) is 0. The highest BCUT2D eigenvalue weighted by Crippen LogP contribution is 2.29. The number of aromatic nitrogens is 1. The summed E-state index contributed by atoms with van der Waals surface area (Å²) in [5.74, 6) is 0.444. The third-order valence-electron chi connectivity index (χ3n) is 5.52. The molecule has 2 aromatic carbocycles. The molecule has 0 aliphatic carbocycles. The van der Waals surface area contributed by atoms with Crippen molar-refractivity contribution in [2.24, 2.45) is 0 Å². The number of ether oxygens (including phenoxy) is 2. The molecular weight excluding hydrogens is 454 g/mol. The van der Waals surface area contributed by atoms with Gasteiger partial charge in [0.2, 0.25) is 0 Å². The molecule has 34 heavy (non-hydrogen) atoms. The summed E-state index contributed by atoms with van der Waals surface area (Å²) < 4.78 is 15.9. The Balaban J connectivity index is 1.30. The van der Waals surface area contributed by atoms with Crippen molar-refractivity contribution in [2.45, 2.75) is 24.5 Å². The van der Waals surface area contributed by atoms with Crippen LogP contribution in [-0.2, 0) is 20.0 Å². The van der Waals surface area contributed by atoms with Crippen LogP contribution < -0.4 is 10.2 Å². The lowest BCUT2D eigenvalue weighted by Gasteiger charge is -2.28. The van der Waals surface area contributed by atoms with Crippen molar-refractivity contribution in [1.82, 2.24) is 5.16 Å². The second kappa shape index (κ2) is 11.2. The van der Waals surface area contributed by atoms with E-state index in [9.17, 15) is 9.59 Å². The Morgan fingerprint density at radius 1 is 1.09 bits per heavy atom. The Morgan fingerprint density at radius 3 is 2.53 bits per heavy atom. The Hall–Kier alpha value is -3.30. The van der Waals surface area contributed by atoms with E-state index in [2.05, 4.69) is 15.4 Å². The molecule has 1 amide bonds. The smallest absolute Gasteiger partial charge is 0.339 e. The number of benzene rings is 2. The molecule has 178 valence electrons. The fraction of sp³-hybridized carbons (Fsp3) is 0.320. The molecule has 0 radical (unpaired) electrons. The largest absolute Gasteiger partial charge is 0.452 e. The van der Waals surface area contributed by atoms with E-state index in [0.717, 1.165) is 40.7 Å². The molecule has 8 nitrogen and oxygen atoms in total. The van der Waals surface area contributed by atoms with Crippen LogP contribution in [0.4, 0.5) is 11.4 Å². The number of thioether (sulfide) groups is 1. The Labute approximate surface area is 202 Å². The fourth-order valence-corrected chi connectivity index (χ4v) is 4.80. The molecular formula is C25H27N3O5S. The van der Waals surface area contributed by atoms with Gasteiger partial charge in [0.1, 0.15) is 5.76 Å². The van der Waals surface area contributed by atoms with Crippen molar-refractivity contribution >= 4 is 35.0 Å². The van der Waals surface area contributed by atoms with Crippen LogP contribution in [0, 0.1) is 13.8 Å². The number of amides is 1. The van der Waals surface area contributed by atoms with Gasteiger partial charge in [-0.1, -0.05) is 17.3 Å². The quantitative estimate of drug-likeness (QED) is 0.378. The lowest BCUT2D eigenvalue weighted by Crippen LogP contribution is -2.36. The number of anilines is 2. The molecule has 3 aromatic rings. The first-order valence-electron chi connectivity index (χ1n) is 11.0. The molecule has 1 N–H and O–H groups in total. The van der Waals surface area contributed by atoms with Crippen LogP contribution in [0.15, 0.2) is 57.9 Å². The number of morpholine rings is 1. The predicted octanol–water partition coefficient (Wildman–Crippen LogP) is 4.22. The minimum Gasteiger partial charge on any atom is -0.452 e. The molecule has 1 aromatic heterocycles. The number of nitrogens with one attached hydrogen (secondary N) is 1. The summed E-state index contributed by atoms with van der Waals surface area (Å²) in [6.45, 7) is 6.51. The minimum atomic E-state index is -0.542. The van der Waals surface area contributed by atoms with E-state index >= 15 is 0 Å². The van der Waals surface area contributed by atoms with Gasteiger partial charge in [0.25, 0.3) is 5.91 Å². The maximum Gasteiger partial charge on any atom is 0.339 e. The van der Waals surface area contributed by atoms with Crippen LogP contribution in [0.3, 0.4) is 0 Å². The SMILES string of the molecule is Cc1noc(C)c1CSc1ccccc1C(=O)OCC(=O)Nc1ccc(N2CCOCC2)cc1. The highest BCUT2D eigenvalue weighted by Gasteiger charge is 2.17. The second-order valence-electron chi connectivity index (χ2n) is 7.86. The van der Waals surface area contributed by atoms with E-state index in [-0.39, 0.29) is 6.61 Å². The second-order valence-corrected chi connectivity index (χ2v) is 8.88. The van der Waals surface area contributed by atoms with Gasteiger partial charge in [0, 0.05) is 40.7 Å². The topological polar surface area (TPSA) is 93.9 Å². The van der Waals surface area contributed by atoms with Crippen LogP contribution >= 0.6 is 11.8 Å². The van der Waals surface area contributed by atoms with Gasteiger partial charge in [-0.25, -0.2) is 4.79 Å². The molecule has 2 heterocycles. The van der Waals surface area contributed by atoms with E-state index in [1.807, 2.05) is 50.2 Å². The highest BCUT2D eigenvalue weighted by atomic mass is 32.2. The van der Waals surface area contributed by atoms with Crippen molar-refractivity contribution in [1.29, 1.82) is 0 Å². The fourth-order valence-electron chi connectivity index (χ4n) is 3.60. The Kier molecular flexibility index (Phi) is 7.87. The number of carbonyl (C=O) groups is 2. The summed E-state index contributed by atoms with van der Waals surface area (Å²) >= 11 is 1.50. The van der Waals surface area contributed by atoms with E-state index in [0.29, 0.717) is 30.2 Å². The van der Waals surface area contributed by atoms with E-state index in [1.54, 1.807) is 12.1 Å². The molecule has 1 fully saturated rings. The van der Waals surface area contributed by atoms with Gasteiger partial charge in [-0.05, 0) is 50.2 Å². The van der Waals surface area contributed by atoms with Crippen molar-refractivity contribution in [3.8, 4) is 0 Å². The molecule has 0 unspecified atom stereocenters. The lowest BCUT2D eigenvalue weighted by molar-refractivity contribution is -0.119. The molecule has 0 spiro atoms. The van der Waals surface area contributed by atoms with Gasteiger partial charge in [0.15, 0.2) is 6.61 Å². The van der Waals surface area contributed by atoms with E-state index in [4.69, 9.17) is 14.0 Å². The predicted molar refractivity (Wildman–Crippen MR) is 130 cm³/mol. The van der Waals surface area contributed by atoms with Gasteiger partial charge in [-0.2, -0.15) is 0 Å². The molecule has 4 rings (SSSR count). The zero-order chi connectivity index (χ0) is 23.9. The van der Waals surface area contributed by atoms with Crippen LogP contribution in [-0.4, -0.2) is 49.9 Å². The third kappa shape index (κ3) is 5.98. The summed E-state index contributed by atoms with van der Waals surface area (Å²) in [5, 5.41) is 6.73. The number of esters is 1. The average molecular weight is 482 g/mol. The summed E-state index contributed by atoms with van der Waals surface area (Å²) in [4.78, 5) is 28.0. The number of carbonyl (C=O) groups excluding carboxylic acids is 2. The molecule has 9 heteroatoms. The minimum absolute atomic E-state index is 0.368. The summed E-state index contributed by atoms with van der Waals surface area (Å²) in [6.07, 6.45) is 0. The normalized spacial score (nSPS) is 13.5. The molecule has 1 aliphatic heterocycles. The van der Waals surface area contributed by atoms with Crippen molar-refractivity contribution < 1.29 is 23.6 Å². The van der Waals surface area contributed by atoms with Crippen LogP contribution in [0.1, 0.15) is 27.4 Å². The summed E-state index contributed by atoms with van der Waals surface area (Å²) in [5.41, 5.74) is 3.99. The van der Waals surface area contributed by atoms with Crippen LogP contribution in [0.2, 0.25) is 0 Å². The standard InChI is InChI=1S/C25H27N3O5S/c1-17-22(18(2)33-27-17)16-34-23-6-4-3-5-21(23)25(30)32-15-24(29)26-19-7-9-20(10-8-19)28-11-13-31-14-12-28/h3-10H,11-16H2,1-2H3,(H,26,29). The maximum absolute atomic E-state index is 12.7. The third-order valence-corrected chi connectivity index (χ3v) is 6.62. The van der Waals surface area contributed by atoms with Crippen molar-refractivity contribution in [2.75, 3.05) is 43.1 Å². The molecule has 1 saturated heterocycles. The average Bonchev–Trinajstić information content (AvgIpc) is 3.19. The number of aryl methyl sites for hydroxylation is 2. The first kappa shape index (κ1) is 23.8.